The van der Waals surface area contributed by atoms with Crippen LogP contribution < -0.4 is 0 Å². The molecule has 0 fully saturated rings. The Bertz CT molecular complexity index is 2100. The molecule has 5 aromatic carbocycles. The smallest absolute Gasteiger partial charge is 0.165 e. The molecule has 0 radical (unpaired) electrons. The van der Waals surface area contributed by atoms with Gasteiger partial charge in [-0.25, -0.2) is 9.97 Å². The first-order chi connectivity index (χ1) is 17.9. The number of nitrogens with zero attached hydrogens (tertiary/aromatic N) is 3. The summed E-state index contributed by atoms with van der Waals surface area (Å²) in [5.74, 6) is 0.857. The zero-order valence-electron chi connectivity index (χ0n) is 19.2. The molecule has 0 atom stereocenters. The molecular formula is C32H19N3S. The lowest BCUT2D eigenvalue weighted by Gasteiger charge is -2.14. The summed E-state index contributed by atoms with van der Waals surface area (Å²) in [6, 6.07) is 40.4. The highest BCUT2D eigenvalue weighted by atomic mass is 32.1. The second kappa shape index (κ2) is 7.48. The van der Waals surface area contributed by atoms with E-state index in [4.69, 9.17) is 9.97 Å². The van der Waals surface area contributed by atoms with Gasteiger partial charge < -0.3 is 0 Å². The number of hydrogen-bond acceptors (Lipinski definition) is 3. The number of aromatic nitrogens is 3. The standard InChI is InChI=1S/C32H19N3S/c1-2-10-20(11-3-1)29-32(34-26-15-7-6-14-25(26)33-29)35-27-16-8-4-12-21(27)23-18-19-24-22-13-5-9-17-28(22)36-31(24)30(23)35/h1-19H. The van der Waals surface area contributed by atoms with Crippen LogP contribution in [0.15, 0.2) is 115 Å². The number of para-hydroxylation sites is 3. The Kier molecular flexibility index (Phi) is 4.10. The molecule has 8 rings (SSSR count). The fourth-order valence-electron chi connectivity index (χ4n) is 5.39. The van der Waals surface area contributed by atoms with E-state index >= 15 is 0 Å². The van der Waals surface area contributed by atoms with Gasteiger partial charge in [-0.3, -0.25) is 4.57 Å². The van der Waals surface area contributed by atoms with Crippen LogP contribution in [-0.2, 0) is 0 Å². The molecule has 0 spiro atoms. The van der Waals surface area contributed by atoms with Gasteiger partial charge >= 0.3 is 0 Å². The highest BCUT2D eigenvalue weighted by Crippen LogP contribution is 2.43. The van der Waals surface area contributed by atoms with Crippen molar-refractivity contribution in [2.24, 2.45) is 0 Å². The Labute approximate surface area is 210 Å². The van der Waals surface area contributed by atoms with Crippen LogP contribution in [0, 0.1) is 0 Å². The zero-order chi connectivity index (χ0) is 23.6. The molecule has 0 amide bonds. The molecule has 3 heterocycles. The Morgan fingerprint density at radius 2 is 1.19 bits per heavy atom. The molecular weight excluding hydrogens is 458 g/mol. The molecule has 8 aromatic rings. The van der Waals surface area contributed by atoms with Gasteiger partial charge in [0.25, 0.3) is 0 Å². The minimum Gasteiger partial charge on any atom is -0.290 e. The average Bonchev–Trinajstić information content (AvgIpc) is 3.49. The fraction of sp³-hybridized carbons (Fsp3) is 0. The molecule has 0 aliphatic carbocycles. The predicted molar refractivity (Wildman–Crippen MR) is 152 cm³/mol. The second-order valence-electron chi connectivity index (χ2n) is 9.04. The molecule has 0 N–H and O–H groups in total. The molecule has 3 nitrogen and oxygen atoms in total. The van der Waals surface area contributed by atoms with Crippen LogP contribution >= 0.6 is 11.3 Å². The van der Waals surface area contributed by atoms with E-state index in [-0.39, 0.29) is 0 Å². The highest BCUT2D eigenvalue weighted by Gasteiger charge is 2.21. The number of thiophene rings is 1. The zero-order valence-corrected chi connectivity index (χ0v) is 20.0. The van der Waals surface area contributed by atoms with Crippen LogP contribution in [0.25, 0.3) is 70.1 Å². The lowest BCUT2D eigenvalue weighted by Crippen LogP contribution is -2.03. The Morgan fingerprint density at radius 3 is 2.06 bits per heavy atom. The molecule has 0 saturated carbocycles. The van der Waals surface area contributed by atoms with Gasteiger partial charge in [0.05, 0.1) is 26.8 Å². The molecule has 0 aliphatic heterocycles. The summed E-state index contributed by atoms with van der Waals surface area (Å²) in [5, 5.41) is 5.03. The monoisotopic (exact) mass is 477 g/mol. The molecule has 0 bridgehead atoms. The minimum atomic E-state index is 0.857. The van der Waals surface area contributed by atoms with Crippen LogP contribution in [0.1, 0.15) is 0 Å². The summed E-state index contributed by atoms with van der Waals surface area (Å²) in [6.07, 6.45) is 0. The van der Waals surface area contributed by atoms with Crippen molar-refractivity contribution in [3.05, 3.63) is 115 Å². The van der Waals surface area contributed by atoms with Crippen LogP contribution in [0.5, 0.6) is 0 Å². The summed E-state index contributed by atoms with van der Waals surface area (Å²) in [7, 11) is 0. The first-order valence-electron chi connectivity index (χ1n) is 12.0. The van der Waals surface area contributed by atoms with Crippen LogP contribution in [0.2, 0.25) is 0 Å². The van der Waals surface area contributed by atoms with Gasteiger partial charge in [0, 0.05) is 31.8 Å². The third-order valence-corrected chi connectivity index (χ3v) is 8.18. The summed E-state index contributed by atoms with van der Waals surface area (Å²) in [6.45, 7) is 0. The predicted octanol–water partition coefficient (Wildman–Crippen LogP) is 8.76. The normalized spacial score (nSPS) is 11.9. The number of benzene rings is 5. The van der Waals surface area contributed by atoms with Gasteiger partial charge in [-0.15, -0.1) is 11.3 Å². The van der Waals surface area contributed by atoms with E-state index in [9.17, 15) is 0 Å². The summed E-state index contributed by atoms with van der Waals surface area (Å²) >= 11 is 1.85. The van der Waals surface area contributed by atoms with E-state index in [0.29, 0.717) is 0 Å². The maximum atomic E-state index is 5.26. The third-order valence-electron chi connectivity index (χ3n) is 6.99. The summed E-state index contributed by atoms with van der Waals surface area (Å²) < 4.78 is 4.91. The Hall–Kier alpha value is -4.54. The number of fused-ring (bicyclic) bond motifs is 8. The van der Waals surface area contributed by atoms with E-state index in [2.05, 4.69) is 89.5 Å². The topological polar surface area (TPSA) is 30.7 Å². The molecule has 0 unspecified atom stereocenters. The fourth-order valence-corrected chi connectivity index (χ4v) is 6.63. The molecule has 4 heteroatoms. The first-order valence-corrected chi connectivity index (χ1v) is 12.8. The van der Waals surface area contributed by atoms with Crippen molar-refractivity contribution in [3.63, 3.8) is 0 Å². The van der Waals surface area contributed by atoms with E-state index in [1.54, 1.807) is 0 Å². The van der Waals surface area contributed by atoms with Gasteiger partial charge in [-0.1, -0.05) is 91.0 Å². The lowest BCUT2D eigenvalue weighted by molar-refractivity contribution is 1.08. The van der Waals surface area contributed by atoms with Crippen molar-refractivity contribution in [1.29, 1.82) is 0 Å². The van der Waals surface area contributed by atoms with Gasteiger partial charge in [0.15, 0.2) is 5.82 Å². The first kappa shape index (κ1) is 19.7. The largest absolute Gasteiger partial charge is 0.290 e. The second-order valence-corrected chi connectivity index (χ2v) is 10.1. The number of hydrogen-bond donors (Lipinski definition) is 0. The van der Waals surface area contributed by atoms with Crippen molar-refractivity contribution in [2.75, 3.05) is 0 Å². The van der Waals surface area contributed by atoms with Gasteiger partial charge in [-0.2, -0.15) is 0 Å². The van der Waals surface area contributed by atoms with Crippen molar-refractivity contribution in [3.8, 4) is 17.1 Å². The van der Waals surface area contributed by atoms with Crippen molar-refractivity contribution in [2.45, 2.75) is 0 Å². The lowest BCUT2D eigenvalue weighted by atomic mass is 10.1. The minimum absolute atomic E-state index is 0.857. The molecule has 3 aromatic heterocycles. The molecule has 0 aliphatic rings. The SMILES string of the molecule is c1ccc(-c2nc3ccccc3nc2-n2c3ccccc3c3ccc4c5ccccc5sc4c32)cc1. The van der Waals surface area contributed by atoms with Crippen molar-refractivity contribution < 1.29 is 0 Å². The highest BCUT2D eigenvalue weighted by molar-refractivity contribution is 7.26. The molecule has 36 heavy (non-hydrogen) atoms. The molecule has 0 saturated heterocycles. The Balaban J connectivity index is 1.61. The van der Waals surface area contributed by atoms with Crippen molar-refractivity contribution >= 4 is 64.3 Å². The summed E-state index contributed by atoms with van der Waals surface area (Å²) in [4.78, 5) is 10.4. The van der Waals surface area contributed by atoms with Gasteiger partial charge in [-0.05, 0) is 24.3 Å². The average molecular weight is 478 g/mol. The molecule has 168 valence electrons. The van der Waals surface area contributed by atoms with Crippen LogP contribution in [0.3, 0.4) is 0 Å². The Morgan fingerprint density at radius 1 is 0.528 bits per heavy atom. The maximum Gasteiger partial charge on any atom is 0.165 e. The van der Waals surface area contributed by atoms with Crippen LogP contribution in [0.4, 0.5) is 0 Å². The summed E-state index contributed by atoms with van der Waals surface area (Å²) in [5.41, 5.74) is 6.06. The third kappa shape index (κ3) is 2.73. The quantitative estimate of drug-likeness (QED) is 0.249. The van der Waals surface area contributed by atoms with Gasteiger partial charge in [0.2, 0.25) is 0 Å². The van der Waals surface area contributed by atoms with Crippen LogP contribution in [-0.4, -0.2) is 14.5 Å². The maximum absolute atomic E-state index is 5.26. The van der Waals surface area contributed by atoms with Crippen molar-refractivity contribution in [1.82, 2.24) is 14.5 Å². The number of rotatable bonds is 2. The van der Waals surface area contributed by atoms with E-state index in [0.717, 1.165) is 33.6 Å². The van der Waals surface area contributed by atoms with E-state index < -0.39 is 0 Å². The van der Waals surface area contributed by atoms with Gasteiger partial charge in [0.1, 0.15) is 5.69 Å². The van der Waals surface area contributed by atoms with E-state index in [1.807, 2.05) is 41.7 Å². The van der Waals surface area contributed by atoms with E-state index in [1.165, 1.54) is 36.5 Å².